The minimum Gasteiger partial charge on any atom is -0.367 e. The smallest absolute Gasteiger partial charge is 0.224 e. The molecule has 0 aliphatic rings. The summed E-state index contributed by atoms with van der Waals surface area (Å²) in [4.78, 5) is 11.9. The Balaban J connectivity index is 1.70. The molecule has 0 bridgehead atoms. The van der Waals surface area contributed by atoms with Gasteiger partial charge in [-0.3, -0.25) is 4.79 Å². The monoisotopic (exact) mass is 323 g/mol. The third kappa shape index (κ3) is 5.36. The molecule has 6 heteroatoms. The van der Waals surface area contributed by atoms with Crippen molar-refractivity contribution in [2.45, 2.75) is 26.2 Å². The number of amides is 1. The zero-order chi connectivity index (χ0) is 17.4. The van der Waals surface area contributed by atoms with E-state index in [1.165, 1.54) is 5.56 Å². The fourth-order valence-electron chi connectivity index (χ4n) is 2.15. The molecule has 0 atom stereocenters. The number of nitrogens with zero attached hydrogens (tertiary/aromatic N) is 3. The fourth-order valence-corrected chi connectivity index (χ4v) is 2.15. The van der Waals surface area contributed by atoms with Crippen LogP contribution in [0.3, 0.4) is 0 Å². The molecule has 0 radical (unpaired) electrons. The van der Waals surface area contributed by atoms with Gasteiger partial charge < -0.3 is 10.6 Å². The Bertz CT molecular complexity index is 702. The summed E-state index contributed by atoms with van der Waals surface area (Å²) in [6.07, 6.45) is 0.370. The summed E-state index contributed by atoms with van der Waals surface area (Å²) >= 11 is 0. The molecule has 1 heterocycles. The van der Waals surface area contributed by atoms with Crippen molar-refractivity contribution in [1.82, 2.24) is 15.5 Å². The van der Waals surface area contributed by atoms with Gasteiger partial charge in [0, 0.05) is 13.1 Å². The number of anilines is 1. The number of carbonyl (C=O) groups excluding carboxylic acids is 1. The molecule has 1 amide bonds. The molecule has 0 saturated carbocycles. The summed E-state index contributed by atoms with van der Waals surface area (Å²) < 4.78 is 0. The van der Waals surface area contributed by atoms with E-state index in [1.807, 2.05) is 18.2 Å². The molecule has 0 fully saturated rings. The van der Waals surface area contributed by atoms with E-state index in [0.717, 1.165) is 5.56 Å². The van der Waals surface area contributed by atoms with Crippen LogP contribution in [0.4, 0.5) is 5.82 Å². The summed E-state index contributed by atoms with van der Waals surface area (Å²) in [7, 11) is 0. The zero-order valence-corrected chi connectivity index (χ0v) is 13.9. The first-order chi connectivity index (χ1) is 11.6. The Hall–Kier alpha value is -2.94. The Kier molecular flexibility index (Phi) is 6.26. The Morgan fingerprint density at radius 3 is 2.46 bits per heavy atom. The van der Waals surface area contributed by atoms with Crippen molar-refractivity contribution in [3.8, 4) is 6.07 Å². The van der Waals surface area contributed by atoms with E-state index in [9.17, 15) is 4.79 Å². The molecule has 0 unspecified atom stereocenters. The normalized spacial score (nSPS) is 10.2. The molecular weight excluding hydrogens is 302 g/mol. The van der Waals surface area contributed by atoms with Crippen LogP contribution in [0, 0.1) is 11.3 Å². The predicted octanol–water partition coefficient (Wildman–Crippen LogP) is 2.24. The third-order valence-corrected chi connectivity index (χ3v) is 3.54. The molecule has 1 aromatic carbocycles. The number of carbonyl (C=O) groups is 1. The lowest BCUT2D eigenvalue weighted by Gasteiger charge is -2.08. The van der Waals surface area contributed by atoms with E-state index >= 15 is 0 Å². The number of hydrogen-bond acceptors (Lipinski definition) is 5. The highest BCUT2D eigenvalue weighted by Crippen LogP contribution is 2.14. The maximum Gasteiger partial charge on any atom is 0.224 e. The molecule has 2 N–H and O–H groups in total. The van der Waals surface area contributed by atoms with E-state index in [-0.39, 0.29) is 11.6 Å². The number of aromatic nitrogens is 2. The van der Waals surface area contributed by atoms with E-state index in [2.05, 4.69) is 46.8 Å². The average molecular weight is 323 g/mol. The van der Waals surface area contributed by atoms with Gasteiger partial charge in [0.15, 0.2) is 5.69 Å². The van der Waals surface area contributed by atoms with Gasteiger partial charge in [-0.05, 0) is 29.2 Å². The van der Waals surface area contributed by atoms with Crippen molar-refractivity contribution in [2.24, 2.45) is 0 Å². The quantitative estimate of drug-likeness (QED) is 0.763. The molecule has 0 saturated heterocycles. The molecule has 0 spiro atoms. The zero-order valence-electron chi connectivity index (χ0n) is 13.9. The van der Waals surface area contributed by atoms with Crippen LogP contribution < -0.4 is 10.6 Å². The second-order valence-corrected chi connectivity index (χ2v) is 5.77. The molecular formula is C18H21N5O. The molecule has 1 aromatic heterocycles. The van der Waals surface area contributed by atoms with E-state index in [1.54, 1.807) is 12.1 Å². The number of rotatable bonds is 7. The van der Waals surface area contributed by atoms with Gasteiger partial charge in [0.1, 0.15) is 11.9 Å². The van der Waals surface area contributed by atoms with Gasteiger partial charge in [0.05, 0.1) is 6.42 Å². The van der Waals surface area contributed by atoms with Gasteiger partial charge in [-0.1, -0.05) is 38.1 Å². The minimum absolute atomic E-state index is 0.0139. The molecule has 2 rings (SSSR count). The summed E-state index contributed by atoms with van der Waals surface area (Å²) in [6.45, 7) is 5.32. The largest absolute Gasteiger partial charge is 0.367 e. The first-order valence-corrected chi connectivity index (χ1v) is 7.91. The summed E-state index contributed by atoms with van der Waals surface area (Å²) in [5, 5.41) is 22.1. The van der Waals surface area contributed by atoms with Crippen LogP contribution in [0.15, 0.2) is 36.4 Å². The Morgan fingerprint density at radius 1 is 1.12 bits per heavy atom. The van der Waals surface area contributed by atoms with Crippen LogP contribution >= 0.6 is 0 Å². The van der Waals surface area contributed by atoms with Gasteiger partial charge in [0.2, 0.25) is 5.91 Å². The highest BCUT2D eigenvalue weighted by atomic mass is 16.1. The van der Waals surface area contributed by atoms with Crippen molar-refractivity contribution in [3.63, 3.8) is 0 Å². The summed E-state index contributed by atoms with van der Waals surface area (Å²) in [6, 6.07) is 13.3. The molecule has 0 aliphatic heterocycles. The lowest BCUT2D eigenvalue weighted by atomic mass is 10.0. The number of hydrogen-bond donors (Lipinski definition) is 2. The van der Waals surface area contributed by atoms with Crippen molar-refractivity contribution in [2.75, 3.05) is 18.4 Å². The lowest BCUT2D eigenvalue weighted by molar-refractivity contribution is -0.120. The Labute approximate surface area is 141 Å². The average Bonchev–Trinajstić information content (AvgIpc) is 2.59. The van der Waals surface area contributed by atoms with E-state index in [0.29, 0.717) is 31.2 Å². The van der Waals surface area contributed by atoms with Crippen molar-refractivity contribution in [3.05, 3.63) is 53.2 Å². The second-order valence-electron chi connectivity index (χ2n) is 5.77. The lowest BCUT2D eigenvalue weighted by Crippen LogP contribution is -2.30. The number of benzene rings is 1. The maximum absolute atomic E-state index is 11.9. The maximum atomic E-state index is 11.9. The number of nitriles is 1. The van der Waals surface area contributed by atoms with Gasteiger partial charge in [-0.15, -0.1) is 10.2 Å². The van der Waals surface area contributed by atoms with Crippen LogP contribution in [0.25, 0.3) is 0 Å². The first kappa shape index (κ1) is 17.4. The first-order valence-electron chi connectivity index (χ1n) is 7.91. The number of nitrogens with one attached hydrogen (secondary N) is 2. The van der Waals surface area contributed by atoms with Crippen molar-refractivity contribution >= 4 is 11.7 Å². The molecule has 6 nitrogen and oxygen atoms in total. The van der Waals surface area contributed by atoms with Gasteiger partial charge in [-0.2, -0.15) is 5.26 Å². The predicted molar refractivity (Wildman–Crippen MR) is 92.5 cm³/mol. The third-order valence-electron chi connectivity index (χ3n) is 3.54. The van der Waals surface area contributed by atoms with E-state index < -0.39 is 0 Å². The molecule has 24 heavy (non-hydrogen) atoms. The molecule has 124 valence electrons. The van der Waals surface area contributed by atoms with Crippen molar-refractivity contribution in [1.29, 1.82) is 5.26 Å². The van der Waals surface area contributed by atoms with Crippen LogP contribution in [0.1, 0.15) is 36.6 Å². The highest BCUT2D eigenvalue weighted by molar-refractivity contribution is 5.78. The second kappa shape index (κ2) is 8.63. The summed E-state index contributed by atoms with van der Waals surface area (Å²) in [5.74, 6) is 1.05. The van der Waals surface area contributed by atoms with Crippen LogP contribution in [-0.4, -0.2) is 29.2 Å². The van der Waals surface area contributed by atoms with E-state index in [4.69, 9.17) is 5.26 Å². The van der Waals surface area contributed by atoms with Crippen molar-refractivity contribution < 1.29 is 4.79 Å². The van der Waals surface area contributed by atoms with Crippen LogP contribution in [0.5, 0.6) is 0 Å². The topological polar surface area (TPSA) is 90.7 Å². The van der Waals surface area contributed by atoms with Gasteiger partial charge >= 0.3 is 0 Å². The van der Waals surface area contributed by atoms with Gasteiger partial charge in [0.25, 0.3) is 0 Å². The summed E-state index contributed by atoms with van der Waals surface area (Å²) in [5.41, 5.74) is 2.55. The van der Waals surface area contributed by atoms with Crippen LogP contribution in [0.2, 0.25) is 0 Å². The fraction of sp³-hybridized carbons (Fsp3) is 0.333. The molecule has 0 aliphatic carbocycles. The highest BCUT2D eigenvalue weighted by Gasteiger charge is 2.04. The van der Waals surface area contributed by atoms with Gasteiger partial charge in [-0.25, -0.2) is 0 Å². The minimum atomic E-state index is -0.0139. The standard InChI is InChI=1S/C18H21N5O/c1-13(2)15-5-3-14(4-6-15)11-18(24)21-10-9-20-17-8-7-16(12-19)22-23-17/h3-8,13H,9-11H2,1-2H3,(H,20,23)(H,21,24). The molecule has 2 aromatic rings. The van der Waals surface area contributed by atoms with Crippen LogP contribution in [-0.2, 0) is 11.2 Å². The Morgan fingerprint density at radius 2 is 1.88 bits per heavy atom. The SMILES string of the molecule is CC(C)c1ccc(CC(=O)NCCNc2ccc(C#N)nn2)cc1.